The number of aliphatic hydroxyl groups is 1. The van der Waals surface area contributed by atoms with E-state index in [9.17, 15) is 5.11 Å². The van der Waals surface area contributed by atoms with Crippen LogP contribution in [-0.4, -0.2) is 11.7 Å². The third-order valence-corrected chi connectivity index (χ3v) is 4.33. The van der Waals surface area contributed by atoms with Gasteiger partial charge in [-0.25, -0.2) is 0 Å². The molecule has 2 heteroatoms. The molecule has 0 amide bonds. The number of rotatable bonds is 3. The van der Waals surface area contributed by atoms with E-state index in [4.69, 9.17) is 0 Å². The Kier molecular flexibility index (Phi) is 4.26. The third-order valence-electron chi connectivity index (χ3n) is 4.33. The Morgan fingerprint density at radius 3 is 2.52 bits per heavy atom. The van der Waals surface area contributed by atoms with E-state index in [1.807, 2.05) is 13.0 Å². The molecule has 3 rings (SSSR count). The van der Waals surface area contributed by atoms with Crippen molar-refractivity contribution in [1.82, 2.24) is 0 Å². The Bertz CT molecular complexity index is 608. The lowest BCUT2D eigenvalue weighted by Crippen LogP contribution is -2.20. The predicted octanol–water partition coefficient (Wildman–Crippen LogP) is 4.60. The van der Waals surface area contributed by atoms with Crippen molar-refractivity contribution in [2.75, 3.05) is 11.4 Å². The van der Waals surface area contributed by atoms with E-state index in [0.29, 0.717) is 0 Å². The monoisotopic (exact) mass is 281 g/mol. The second-order valence-electron chi connectivity index (χ2n) is 5.72. The standard InChI is InChI=1S/C19H23NO/c1-2-19(21)16-11-4-6-13-18(16)20-14-8-7-10-15-9-3-5-12-17(15)20/h3-6,9,11-13,19,21H,2,7-8,10,14H2,1H3/t19-/m1/s1. The zero-order valence-corrected chi connectivity index (χ0v) is 12.6. The van der Waals surface area contributed by atoms with Crippen LogP contribution in [0.2, 0.25) is 0 Å². The second-order valence-corrected chi connectivity index (χ2v) is 5.72. The normalized spacial score (nSPS) is 16.2. The molecule has 110 valence electrons. The zero-order valence-electron chi connectivity index (χ0n) is 12.6. The highest BCUT2D eigenvalue weighted by atomic mass is 16.3. The van der Waals surface area contributed by atoms with E-state index in [1.165, 1.54) is 24.1 Å². The van der Waals surface area contributed by atoms with Crippen LogP contribution in [0.4, 0.5) is 11.4 Å². The number of fused-ring (bicyclic) bond motifs is 1. The van der Waals surface area contributed by atoms with Gasteiger partial charge < -0.3 is 10.0 Å². The molecule has 0 bridgehead atoms. The number of anilines is 2. The van der Waals surface area contributed by atoms with Gasteiger partial charge in [-0.2, -0.15) is 0 Å². The fraction of sp³-hybridized carbons (Fsp3) is 0.368. The highest BCUT2D eigenvalue weighted by molar-refractivity contribution is 5.70. The van der Waals surface area contributed by atoms with E-state index in [-0.39, 0.29) is 0 Å². The molecular formula is C19H23NO. The van der Waals surface area contributed by atoms with Crippen LogP contribution in [0, 0.1) is 0 Å². The first-order valence-corrected chi connectivity index (χ1v) is 7.93. The molecule has 2 nitrogen and oxygen atoms in total. The topological polar surface area (TPSA) is 23.5 Å². The van der Waals surface area contributed by atoms with Gasteiger partial charge in [0, 0.05) is 23.5 Å². The number of hydrogen-bond acceptors (Lipinski definition) is 2. The lowest BCUT2D eigenvalue weighted by Gasteiger charge is -2.28. The summed E-state index contributed by atoms with van der Waals surface area (Å²) in [6.45, 7) is 3.04. The first-order valence-electron chi connectivity index (χ1n) is 7.93. The average molecular weight is 281 g/mol. The molecule has 1 atom stereocenters. The summed E-state index contributed by atoms with van der Waals surface area (Å²) in [4.78, 5) is 2.39. The molecule has 0 aromatic heterocycles. The number of hydrogen-bond donors (Lipinski definition) is 1. The predicted molar refractivity (Wildman–Crippen MR) is 88.1 cm³/mol. The van der Waals surface area contributed by atoms with Crippen LogP contribution in [0.3, 0.4) is 0 Å². The largest absolute Gasteiger partial charge is 0.388 e. The molecule has 0 saturated heterocycles. The van der Waals surface area contributed by atoms with Crippen molar-refractivity contribution >= 4 is 11.4 Å². The molecule has 1 N–H and O–H groups in total. The molecule has 0 saturated carbocycles. The molecule has 1 aliphatic rings. The highest BCUT2D eigenvalue weighted by Gasteiger charge is 2.20. The third kappa shape index (κ3) is 2.81. The average Bonchev–Trinajstić information content (AvgIpc) is 2.76. The summed E-state index contributed by atoms with van der Waals surface area (Å²) in [5.74, 6) is 0. The molecule has 0 unspecified atom stereocenters. The molecule has 0 radical (unpaired) electrons. The number of benzene rings is 2. The van der Waals surface area contributed by atoms with E-state index in [0.717, 1.165) is 30.6 Å². The Labute approximate surface area is 127 Å². The lowest BCUT2D eigenvalue weighted by molar-refractivity contribution is 0.174. The van der Waals surface area contributed by atoms with Gasteiger partial charge in [0.15, 0.2) is 0 Å². The molecule has 2 aromatic rings. The van der Waals surface area contributed by atoms with Crippen LogP contribution in [-0.2, 0) is 6.42 Å². The van der Waals surface area contributed by atoms with Crippen LogP contribution in [0.1, 0.15) is 43.4 Å². The lowest BCUT2D eigenvalue weighted by atomic mass is 10.0. The minimum atomic E-state index is -0.392. The zero-order chi connectivity index (χ0) is 14.7. The Balaban J connectivity index is 2.08. The molecule has 0 fully saturated rings. The molecule has 2 aromatic carbocycles. The van der Waals surface area contributed by atoms with Crippen molar-refractivity contribution in [3.8, 4) is 0 Å². The Hall–Kier alpha value is -1.80. The van der Waals surface area contributed by atoms with Gasteiger partial charge in [-0.3, -0.25) is 0 Å². The van der Waals surface area contributed by atoms with Crippen LogP contribution >= 0.6 is 0 Å². The van der Waals surface area contributed by atoms with E-state index >= 15 is 0 Å². The highest BCUT2D eigenvalue weighted by Crippen LogP contribution is 2.36. The van der Waals surface area contributed by atoms with Gasteiger partial charge in [0.2, 0.25) is 0 Å². The van der Waals surface area contributed by atoms with Gasteiger partial charge in [0.1, 0.15) is 0 Å². The second kappa shape index (κ2) is 6.31. The minimum Gasteiger partial charge on any atom is -0.388 e. The van der Waals surface area contributed by atoms with Crippen molar-refractivity contribution in [3.63, 3.8) is 0 Å². The maximum atomic E-state index is 10.3. The van der Waals surface area contributed by atoms with Crippen molar-refractivity contribution in [2.24, 2.45) is 0 Å². The van der Waals surface area contributed by atoms with Gasteiger partial charge in [0.25, 0.3) is 0 Å². The molecule has 0 aliphatic carbocycles. The summed E-state index contributed by atoms with van der Waals surface area (Å²) in [5, 5.41) is 10.3. The summed E-state index contributed by atoms with van der Waals surface area (Å²) >= 11 is 0. The van der Waals surface area contributed by atoms with Crippen LogP contribution in [0.15, 0.2) is 48.5 Å². The van der Waals surface area contributed by atoms with E-state index < -0.39 is 6.10 Å². The number of para-hydroxylation sites is 2. The number of aryl methyl sites for hydroxylation is 1. The van der Waals surface area contributed by atoms with Gasteiger partial charge in [-0.05, 0) is 43.4 Å². The summed E-state index contributed by atoms with van der Waals surface area (Å²) in [6, 6.07) is 16.9. The Morgan fingerprint density at radius 1 is 1.00 bits per heavy atom. The van der Waals surface area contributed by atoms with E-state index in [2.05, 4.69) is 47.4 Å². The summed E-state index contributed by atoms with van der Waals surface area (Å²) in [7, 11) is 0. The Morgan fingerprint density at radius 2 is 1.71 bits per heavy atom. The smallest absolute Gasteiger partial charge is 0.0807 e. The maximum absolute atomic E-state index is 10.3. The van der Waals surface area contributed by atoms with Gasteiger partial charge in [0.05, 0.1) is 6.10 Å². The van der Waals surface area contributed by atoms with Gasteiger partial charge in [-0.15, -0.1) is 0 Å². The maximum Gasteiger partial charge on any atom is 0.0807 e. The molecule has 1 heterocycles. The van der Waals surface area contributed by atoms with E-state index in [1.54, 1.807) is 0 Å². The first-order chi connectivity index (χ1) is 10.3. The van der Waals surface area contributed by atoms with Crippen LogP contribution in [0.5, 0.6) is 0 Å². The summed E-state index contributed by atoms with van der Waals surface area (Å²) < 4.78 is 0. The molecule has 1 aliphatic heterocycles. The fourth-order valence-corrected chi connectivity index (χ4v) is 3.18. The van der Waals surface area contributed by atoms with Crippen molar-refractivity contribution in [2.45, 2.75) is 38.7 Å². The summed E-state index contributed by atoms with van der Waals surface area (Å²) in [6.07, 6.45) is 3.91. The fourth-order valence-electron chi connectivity index (χ4n) is 3.18. The molecule has 21 heavy (non-hydrogen) atoms. The first kappa shape index (κ1) is 14.2. The van der Waals surface area contributed by atoms with Gasteiger partial charge in [-0.1, -0.05) is 43.3 Å². The van der Waals surface area contributed by atoms with Crippen molar-refractivity contribution < 1.29 is 5.11 Å². The van der Waals surface area contributed by atoms with Crippen LogP contribution < -0.4 is 4.90 Å². The molecular weight excluding hydrogens is 258 g/mol. The van der Waals surface area contributed by atoms with Gasteiger partial charge >= 0.3 is 0 Å². The SMILES string of the molecule is CC[C@@H](O)c1ccccc1N1CCCCc2ccccc21. The number of aliphatic hydroxyl groups excluding tert-OH is 1. The minimum absolute atomic E-state index is 0.392. The van der Waals surface area contributed by atoms with Crippen molar-refractivity contribution in [3.05, 3.63) is 59.7 Å². The molecule has 0 spiro atoms. The quantitative estimate of drug-likeness (QED) is 0.888. The number of nitrogens with zero attached hydrogens (tertiary/aromatic N) is 1. The van der Waals surface area contributed by atoms with Crippen molar-refractivity contribution in [1.29, 1.82) is 0 Å². The summed E-state index contributed by atoms with van der Waals surface area (Å²) in [5.41, 5.74) is 4.90. The van der Waals surface area contributed by atoms with Crippen LogP contribution in [0.25, 0.3) is 0 Å².